The number of aliphatic hydroxyl groups excluding tert-OH is 2. The second-order valence-electron chi connectivity index (χ2n) is 4.94. The van der Waals surface area contributed by atoms with Crippen molar-refractivity contribution in [3.8, 4) is 0 Å². The molecule has 0 aromatic heterocycles. The van der Waals surface area contributed by atoms with Gasteiger partial charge < -0.3 is 40.3 Å². The lowest BCUT2D eigenvalue weighted by Gasteiger charge is -2.18. The molecular formula is C8H17N2O14P3. The van der Waals surface area contributed by atoms with Crippen LogP contribution < -0.4 is 5.73 Å². The molecule has 1 fully saturated rings. The smallest absolute Gasteiger partial charge is 0.387 e. The third-order valence-corrected chi connectivity index (χ3v) is 6.50. The summed E-state index contributed by atoms with van der Waals surface area (Å²) in [4.78, 5) is 49.3. The van der Waals surface area contributed by atoms with Gasteiger partial charge in [-0.1, -0.05) is 0 Å². The molecular weight excluding hydrogens is 441 g/mol. The number of carbonyl (C=O) groups excluding carboxylic acids is 1. The fourth-order valence-corrected chi connectivity index (χ4v) is 4.74. The zero-order valence-electron chi connectivity index (χ0n) is 13.1. The Morgan fingerprint density at radius 2 is 1.67 bits per heavy atom. The minimum Gasteiger partial charge on any atom is -0.387 e. The van der Waals surface area contributed by atoms with Crippen molar-refractivity contribution >= 4 is 35.6 Å². The highest BCUT2D eigenvalue weighted by molar-refractivity contribution is 7.66. The van der Waals surface area contributed by atoms with E-state index in [1.807, 2.05) is 0 Å². The maximum absolute atomic E-state index is 11.6. The summed E-state index contributed by atoms with van der Waals surface area (Å²) < 4.78 is 49.5. The Labute approximate surface area is 151 Å². The van der Waals surface area contributed by atoms with Gasteiger partial charge in [0.25, 0.3) is 0 Å². The number of primary amides is 1. The number of phosphoric ester groups is 1. The molecule has 0 radical (unpaired) electrons. The van der Waals surface area contributed by atoms with Gasteiger partial charge in [-0.15, -0.1) is 0 Å². The van der Waals surface area contributed by atoms with E-state index in [2.05, 4.69) is 18.1 Å². The van der Waals surface area contributed by atoms with E-state index in [1.165, 1.54) is 0 Å². The summed E-state index contributed by atoms with van der Waals surface area (Å²) in [6.45, 7) is -0.968. The van der Waals surface area contributed by atoms with E-state index in [9.17, 15) is 33.6 Å². The van der Waals surface area contributed by atoms with Gasteiger partial charge in [0.1, 0.15) is 18.3 Å². The summed E-state index contributed by atoms with van der Waals surface area (Å²) >= 11 is 0. The van der Waals surface area contributed by atoms with Crippen LogP contribution in [0.25, 0.3) is 0 Å². The maximum Gasteiger partial charge on any atom is 0.490 e. The third-order valence-electron chi connectivity index (χ3n) is 2.70. The van der Waals surface area contributed by atoms with Gasteiger partial charge >= 0.3 is 23.5 Å². The van der Waals surface area contributed by atoms with Crippen LogP contribution in [0.15, 0.2) is 4.99 Å². The molecule has 0 aliphatic carbocycles. The molecule has 1 heterocycles. The Bertz CT molecular complexity index is 706. The number of ether oxygens (including phenoxy) is 1. The second-order valence-corrected chi connectivity index (χ2v) is 9.36. The molecule has 27 heavy (non-hydrogen) atoms. The molecule has 0 bridgehead atoms. The van der Waals surface area contributed by atoms with E-state index in [0.29, 0.717) is 0 Å². The van der Waals surface area contributed by atoms with Crippen molar-refractivity contribution in [1.29, 1.82) is 0 Å². The average Bonchev–Trinajstić information content (AvgIpc) is 2.69. The molecule has 0 aromatic rings. The summed E-state index contributed by atoms with van der Waals surface area (Å²) in [6, 6.07) is 0. The summed E-state index contributed by atoms with van der Waals surface area (Å²) in [5.41, 5.74) is 4.87. The lowest BCUT2D eigenvalue weighted by molar-refractivity contribution is -0.116. The number of amides is 1. The van der Waals surface area contributed by atoms with Crippen molar-refractivity contribution in [3.63, 3.8) is 0 Å². The Morgan fingerprint density at radius 3 is 2.19 bits per heavy atom. The van der Waals surface area contributed by atoms with Gasteiger partial charge in [-0.25, -0.2) is 13.7 Å². The summed E-state index contributed by atoms with van der Waals surface area (Å²) in [5, 5.41) is 19.5. The number of nitrogens with zero attached hydrogens (tertiary/aromatic N) is 1. The number of carbonyl (C=O) groups is 1. The Hall–Kier alpha value is -0.570. The molecule has 0 saturated carbocycles. The van der Waals surface area contributed by atoms with Crippen LogP contribution in [0.1, 0.15) is 6.42 Å². The second kappa shape index (κ2) is 9.29. The summed E-state index contributed by atoms with van der Waals surface area (Å²) in [7, 11) is -16.6. The molecule has 1 rings (SSSR count). The van der Waals surface area contributed by atoms with Gasteiger partial charge in [-0.3, -0.25) is 14.3 Å². The molecule has 1 saturated heterocycles. The zero-order chi connectivity index (χ0) is 21.0. The minimum atomic E-state index is -5.68. The number of hydrogen-bond acceptors (Lipinski definition) is 11. The number of nitrogens with two attached hydrogens (primary N) is 1. The molecule has 158 valence electrons. The lowest BCUT2D eigenvalue weighted by Crippen LogP contribution is -2.34. The van der Waals surface area contributed by atoms with Crippen LogP contribution in [-0.2, 0) is 36.4 Å². The van der Waals surface area contributed by atoms with Gasteiger partial charge in [0.05, 0.1) is 13.0 Å². The maximum atomic E-state index is 11.6. The van der Waals surface area contributed by atoms with Crippen LogP contribution in [0.3, 0.4) is 0 Å². The minimum absolute atomic E-state index is 0.283. The van der Waals surface area contributed by atoms with Gasteiger partial charge in [-0.05, 0) is 0 Å². The van der Waals surface area contributed by atoms with E-state index < -0.39 is 60.5 Å². The van der Waals surface area contributed by atoms with Crippen molar-refractivity contribution in [2.24, 2.45) is 10.7 Å². The van der Waals surface area contributed by atoms with Crippen LogP contribution in [-0.4, -0.2) is 73.1 Å². The first kappa shape index (κ1) is 24.5. The average molecular weight is 458 g/mol. The van der Waals surface area contributed by atoms with Gasteiger partial charge in [0.2, 0.25) is 5.91 Å². The molecule has 6 atom stereocenters. The van der Waals surface area contributed by atoms with Crippen LogP contribution in [0.4, 0.5) is 0 Å². The number of phosphoric acid groups is 3. The van der Waals surface area contributed by atoms with Crippen molar-refractivity contribution in [1.82, 2.24) is 0 Å². The highest BCUT2D eigenvalue weighted by Gasteiger charge is 2.45. The molecule has 1 aliphatic heterocycles. The third kappa shape index (κ3) is 8.98. The van der Waals surface area contributed by atoms with Gasteiger partial charge in [0, 0.05) is 6.21 Å². The first-order chi connectivity index (χ1) is 12.1. The van der Waals surface area contributed by atoms with E-state index in [0.717, 1.165) is 6.21 Å². The molecule has 1 amide bonds. The number of rotatable bonds is 10. The highest BCUT2D eigenvalue weighted by atomic mass is 31.3. The van der Waals surface area contributed by atoms with Crippen LogP contribution in [0.2, 0.25) is 0 Å². The highest BCUT2D eigenvalue weighted by Crippen LogP contribution is 2.66. The number of aliphatic imine (C=N–C) groups is 1. The topological polar surface area (TPSA) is 265 Å². The van der Waals surface area contributed by atoms with Crippen molar-refractivity contribution in [2.75, 3.05) is 6.61 Å². The molecule has 16 nitrogen and oxygen atoms in total. The zero-order valence-corrected chi connectivity index (χ0v) is 15.8. The summed E-state index contributed by atoms with van der Waals surface area (Å²) in [6.07, 6.45) is -5.38. The van der Waals surface area contributed by atoms with Crippen LogP contribution in [0, 0.1) is 0 Å². The Balaban J connectivity index is 2.64. The molecule has 8 N–H and O–H groups in total. The molecule has 1 aliphatic rings. The molecule has 0 aromatic carbocycles. The first-order valence-corrected chi connectivity index (χ1v) is 11.2. The van der Waals surface area contributed by atoms with Crippen LogP contribution >= 0.6 is 23.5 Å². The molecule has 0 spiro atoms. The van der Waals surface area contributed by atoms with Crippen molar-refractivity contribution < 1.29 is 66.2 Å². The normalized spacial score (nSPS) is 30.9. The Kier molecular flexibility index (Phi) is 8.41. The quantitative estimate of drug-likeness (QED) is 0.134. The largest absolute Gasteiger partial charge is 0.490 e. The lowest BCUT2D eigenvalue weighted by atomic mass is 10.1. The SMILES string of the molecule is NC(=O)CC=NC1OC(COP(=O)(O)OP(=O)(O)OP(=O)(O)O)C(O)C1O. The standard InChI is InChI=1S/C8H17N2O14P3/c9-5(11)1-2-10-8-7(13)6(12)4(22-8)3-21-26(17,18)24-27(19,20)23-25(14,15)16/h2,4,6-8,12-13H,1,3H2,(H2,9,11)(H,17,18)(H,19,20)(H2,14,15,16). The fraction of sp³-hybridized carbons (Fsp3) is 0.750. The van der Waals surface area contributed by atoms with Gasteiger partial charge in [-0.2, -0.15) is 8.62 Å². The first-order valence-electron chi connectivity index (χ1n) is 6.72. The molecule has 6 unspecified atom stereocenters. The fourth-order valence-electron chi connectivity index (χ4n) is 1.71. The van der Waals surface area contributed by atoms with E-state index in [4.69, 9.17) is 25.2 Å². The van der Waals surface area contributed by atoms with Gasteiger partial charge in [0.15, 0.2) is 6.23 Å². The van der Waals surface area contributed by atoms with Crippen molar-refractivity contribution in [2.45, 2.75) is 31.0 Å². The predicted molar refractivity (Wildman–Crippen MR) is 82.8 cm³/mol. The Morgan fingerprint density at radius 1 is 1.07 bits per heavy atom. The van der Waals surface area contributed by atoms with Crippen molar-refractivity contribution in [3.05, 3.63) is 0 Å². The monoisotopic (exact) mass is 458 g/mol. The van der Waals surface area contributed by atoms with E-state index in [-0.39, 0.29) is 6.42 Å². The van der Waals surface area contributed by atoms with E-state index in [1.54, 1.807) is 0 Å². The number of aliphatic hydroxyl groups is 2. The van der Waals surface area contributed by atoms with Crippen LogP contribution in [0.5, 0.6) is 0 Å². The summed E-state index contributed by atoms with van der Waals surface area (Å²) in [5.74, 6) is -0.726. The predicted octanol–water partition coefficient (Wildman–Crippen LogP) is -2.28. The molecule has 19 heteroatoms. The number of hydrogen-bond donors (Lipinski definition) is 7. The van der Waals surface area contributed by atoms with E-state index >= 15 is 0 Å².